The van der Waals surface area contributed by atoms with Crippen LogP contribution in [0.25, 0.3) is 0 Å². The van der Waals surface area contributed by atoms with Crippen molar-refractivity contribution in [2.24, 2.45) is 5.92 Å². The van der Waals surface area contributed by atoms with Crippen LogP contribution in [0.15, 0.2) is 0 Å². The number of aromatic nitrogens is 3. The van der Waals surface area contributed by atoms with E-state index in [1.54, 1.807) is 0 Å². The van der Waals surface area contributed by atoms with Crippen molar-refractivity contribution in [2.45, 2.75) is 18.9 Å². The summed E-state index contributed by atoms with van der Waals surface area (Å²) in [7, 11) is 0. The molecule has 2 aliphatic rings. The van der Waals surface area contributed by atoms with Crippen molar-refractivity contribution in [1.82, 2.24) is 20.3 Å². The summed E-state index contributed by atoms with van der Waals surface area (Å²) in [6.45, 7) is 1.41. The van der Waals surface area contributed by atoms with Crippen LogP contribution in [0.5, 0.6) is 0 Å². The smallest absolute Gasteiger partial charge is 0.231 e. The van der Waals surface area contributed by atoms with Crippen LogP contribution in [-0.4, -0.2) is 40.0 Å². The average Bonchev–Trinajstić information content (AvgIpc) is 2.70. The molecule has 0 bridgehead atoms. The molecule has 0 spiro atoms. The monoisotopic (exact) mass is 287 g/mol. The molecule has 3 rings (SSSR count). The Morgan fingerprint density at radius 2 is 1.94 bits per heavy atom. The van der Waals surface area contributed by atoms with Gasteiger partial charge in [0.25, 0.3) is 0 Å². The summed E-state index contributed by atoms with van der Waals surface area (Å²) in [5, 5.41) is 3.02. The Bertz CT molecular complexity index is 477. The lowest BCUT2D eigenvalue weighted by Crippen LogP contribution is -2.46. The molecule has 2 fully saturated rings. The largest absolute Gasteiger partial charge is 0.354 e. The molecule has 2 unspecified atom stereocenters. The standard InChI is InChI=1S/C10H11Cl2N5O/c11-8-14-9(12)16-10(15-8)17-3-1-2-5-6(17)4-13-7(5)18/h5-6H,1-4H2,(H,13,18). The number of nitrogens with one attached hydrogen (secondary N) is 1. The lowest BCUT2D eigenvalue weighted by atomic mass is 9.92. The average molecular weight is 288 g/mol. The minimum absolute atomic E-state index is 0.00747. The number of fused-ring (bicyclic) bond motifs is 1. The molecule has 0 saturated carbocycles. The van der Waals surface area contributed by atoms with Gasteiger partial charge in [-0.2, -0.15) is 15.0 Å². The number of nitrogens with zero attached hydrogens (tertiary/aromatic N) is 4. The number of carbonyl (C=O) groups excluding carboxylic acids is 1. The highest BCUT2D eigenvalue weighted by Crippen LogP contribution is 2.30. The Morgan fingerprint density at radius 1 is 1.22 bits per heavy atom. The summed E-state index contributed by atoms with van der Waals surface area (Å²) in [6.07, 6.45) is 1.83. The van der Waals surface area contributed by atoms with Gasteiger partial charge in [-0.05, 0) is 36.0 Å². The van der Waals surface area contributed by atoms with E-state index < -0.39 is 0 Å². The number of anilines is 1. The highest BCUT2D eigenvalue weighted by molar-refractivity contribution is 6.31. The second-order valence-electron chi connectivity index (χ2n) is 4.43. The molecular formula is C10H11Cl2N5O. The summed E-state index contributed by atoms with van der Waals surface area (Å²) >= 11 is 11.6. The Hall–Kier alpha value is -1.14. The second kappa shape index (κ2) is 4.51. The zero-order valence-corrected chi connectivity index (χ0v) is 10.9. The van der Waals surface area contributed by atoms with E-state index in [4.69, 9.17) is 23.2 Å². The van der Waals surface area contributed by atoms with E-state index in [1.165, 1.54) is 0 Å². The van der Waals surface area contributed by atoms with Crippen LogP contribution in [-0.2, 0) is 4.79 Å². The summed E-state index contributed by atoms with van der Waals surface area (Å²) in [5.41, 5.74) is 0. The molecule has 1 N–H and O–H groups in total. The van der Waals surface area contributed by atoms with E-state index >= 15 is 0 Å². The predicted molar refractivity (Wildman–Crippen MR) is 66.7 cm³/mol. The Balaban J connectivity index is 1.93. The highest BCUT2D eigenvalue weighted by atomic mass is 35.5. The SMILES string of the molecule is O=C1NCC2C1CCCN2c1nc(Cl)nc(Cl)n1. The molecule has 2 atom stereocenters. The zero-order valence-electron chi connectivity index (χ0n) is 9.44. The Kier molecular flexibility index (Phi) is 2.99. The summed E-state index contributed by atoms with van der Waals surface area (Å²) in [6, 6.07) is 0.0841. The Labute approximate surface area is 114 Å². The molecule has 0 aromatic carbocycles. The number of hydrogen-bond donors (Lipinski definition) is 1. The lowest BCUT2D eigenvalue weighted by molar-refractivity contribution is -0.122. The van der Waals surface area contributed by atoms with Gasteiger partial charge in [0.2, 0.25) is 22.4 Å². The van der Waals surface area contributed by atoms with E-state index in [0.717, 1.165) is 19.4 Å². The van der Waals surface area contributed by atoms with Crippen molar-refractivity contribution in [1.29, 1.82) is 0 Å². The second-order valence-corrected chi connectivity index (χ2v) is 5.10. The van der Waals surface area contributed by atoms with Crippen LogP contribution in [0.1, 0.15) is 12.8 Å². The molecule has 1 amide bonds. The maximum absolute atomic E-state index is 11.7. The molecule has 1 aromatic heterocycles. The fourth-order valence-corrected chi connectivity index (χ4v) is 3.00. The number of carbonyl (C=O) groups is 1. The van der Waals surface area contributed by atoms with Crippen molar-refractivity contribution in [3.8, 4) is 0 Å². The number of hydrogen-bond acceptors (Lipinski definition) is 5. The minimum atomic E-state index is 0.00747. The molecule has 2 saturated heterocycles. The maximum Gasteiger partial charge on any atom is 0.231 e. The van der Waals surface area contributed by atoms with Gasteiger partial charge in [0.05, 0.1) is 12.0 Å². The summed E-state index contributed by atoms with van der Waals surface area (Å²) in [4.78, 5) is 25.6. The van der Waals surface area contributed by atoms with E-state index in [9.17, 15) is 4.79 Å². The van der Waals surface area contributed by atoms with Gasteiger partial charge in [0, 0.05) is 13.1 Å². The first-order chi connectivity index (χ1) is 8.65. The van der Waals surface area contributed by atoms with Gasteiger partial charge in [0.15, 0.2) is 0 Å². The number of piperidine rings is 1. The molecule has 18 heavy (non-hydrogen) atoms. The zero-order chi connectivity index (χ0) is 12.7. The van der Waals surface area contributed by atoms with Gasteiger partial charge in [-0.3, -0.25) is 4.79 Å². The predicted octanol–water partition coefficient (Wildman–Crippen LogP) is 0.893. The maximum atomic E-state index is 11.7. The van der Waals surface area contributed by atoms with Crippen LogP contribution >= 0.6 is 23.2 Å². The molecule has 1 aromatic rings. The molecule has 96 valence electrons. The van der Waals surface area contributed by atoms with Gasteiger partial charge in [-0.1, -0.05) is 0 Å². The van der Waals surface area contributed by atoms with Crippen LogP contribution in [0, 0.1) is 5.92 Å². The molecule has 2 aliphatic heterocycles. The lowest BCUT2D eigenvalue weighted by Gasteiger charge is -2.35. The van der Waals surface area contributed by atoms with Crippen molar-refractivity contribution in [3.63, 3.8) is 0 Å². The van der Waals surface area contributed by atoms with E-state index in [-0.39, 0.29) is 28.4 Å². The summed E-state index contributed by atoms with van der Waals surface area (Å²) in [5.74, 6) is 0.565. The van der Waals surface area contributed by atoms with E-state index in [1.807, 2.05) is 4.90 Å². The molecular weight excluding hydrogens is 277 g/mol. The molecule has 3 heterocycles. The van der Waals surface area contributed by atoms with E-state index in [2.05, 4.69) is 20.3 Å². The van der Waals surface area contributed by atoms with Crippen LogP contribution in [0.4, 0.5) is 5.95 Å². The van der Waals surface area contributed by atoms with E-state index in [0.29, 0.717) is 12.5 Å². The first-order valence-corrected chi connectivity index (χ1v) is 6.52. The van der Waals surface area contributed by atoms with Crippen LogP contribution in [0.2, 0.25) is 10.6 Å². The number of halogens is 2. The third-order valence-electron chi connectivity index (χ3n) is 3.43. The van der Waals surface area contributed by atoms with Gasteiger partial charge < -0.3 is 10.2 Å². The third-order valence-corrected chi connectivity index (χ3v) is 3.77. The minimum Gasteiger partial charge on any atom is -0.354 e. The molecule has 0 radical (unpaired) electrons. The molecule has 6 nitrogen and oxygen atoms in total. The fourth-order valence-electron chi connectivity index (χ4n) is 2.64. The normalized spacial score (nSPS) is 27.0. The molecule has 8 heteroatoms. The van der Waals surface area contributed by atoms with Gasteiger partial charge in [-0.25, -0.2) is 0 Å². The number of amides is 1. The van der Waals surface area contributed by atoms with Crippen molar-refractivity contribution >= 4 is 35.1 Å². The summed E-state index contributed by atoms with van der Waals surface area (Å²) < 4.78 is 0. The number of rotatable bonds is 1. The quantitative estimate of drug-likeness (QED) is 0.831. The van der Waals surface area contributed by atoms with Crippen LogP contribution in [0.3, 0.4) is 0 Å². The van der Waals surface area contributed by atoms with Crippen molar-refractivity contribution in [2.75, 3.05) is 18.0 Å². The Morgan fingerprint density at radius 3 is 2.67 bits per heavy atom. The topological polar surface area (TPSA) is 71.0 Å². The van der Waals surface area contributed by atoms with Crippen LogP contribution < -0.4 is 10.2 Å². The first kappa shape index (κ1) is 11.9. The van der Waals surface area contributed by atoms with Gasteiger partial charge in [-0.15, -0.1) is 0 Å². The van der Waals surface area contributed by atoms with Gasteiger partial charge >= 0.3 is 0 Å². The van der Waals surface area contributed by atoms with Gasteiger partial charge in [0.1, 0.15) is 0 Å². The highest BCUT2D eigenvalue weighted by Gasteiger charge is 2.41. The van der Waals surface area contributed by atoms with Crippen molar-refractivity contribution < 1.29 is 4.79 Å². The third kappa shape index (κ3) is 1.99. The first-order valence-electron chi connectivity index (χ1n) is 5.76. The van der Waals surface area contributed by atoms with Crippen molar-refractivity contribution in [3.05, 3.63) is 10.6 Å². The fraction of sp³-hybridized carbons (Fsp3) is 0.600. The molecule has 0 aliphatic carbocycles.